The van der Waals surface area contributed by atoms with Crippen molar-refractivity contribution >= 4 is 20.0 Å². The number of rotatable bonds is 4. The number of hydrogen-bond acceptors (Lipinski definition) is 4. The Labute approximate surface area is 140 Å². The average Bonchev–Trinajstić information content (AvgIpc) is 2.74. The molecule has 0 amide bonds. The van der Waals surface area contributed by atoms with Gasteiger partial charge in [0.1, 0.15) is 16.5 Å². The van der Waals surface area contributed by atoms with Crippen molar-refractivity contribution in [1.82, 2.24) is 9.03 Å². The summed E-state index contributed by atoms with van der Waals surface area (Å²) < 4.78 is 79.2. The Morgan fingerprint density at radius 2 is 1.67 bits per heavy atom. The van der Waals surface area contributed by atoms with Gasteiger partial charge < -0.3 is 0 Å². The molecule has 2 atom stereocenters. The summed E-state index contributed by atoms with van der Waals surface area (Å²) in [5.74, 6) is -1.87. The summed E-state index contributed by atoms with van der Waals surface area (Å²) in [6.07, 6.45) is 3.12. The first-order valence-corrected chi connectivity index (χ1v) is 10.9. The van der Waals surface area contributed by atoms with Crippen LogP contribution in [0.5, 0.6) is 0 Å². The van der Waals surface area contributed by atoms with Crippen molar-refractivity contribution in [2.24, 2.45) is 0 Å². The van der Waals surface area contributed by atoms with Gasteiger partial charge in [-0.1, -0.05) is 0 Å². The van der Waals surface area contributed by atoms with Crippen LogP contribution in [0, 0.1) is 11.6 Å². The van der Waals surface area contributed by atoms with E-state index in [9.17, 15) is 25.6 Å². The summed E-state index contributed by atoms with van der Waals surface area (Å²) in [4.78, 5) is -0.736. The number of sulfonamides is 2. The van der Waals surface area contributed by atoms with E-state index in [-0.39, 0.29) is 12.1 Å². The topological polar surface area (TPSA) is 83.6 Å². The molecule has 0 saturated carbocycles. The monoisotopic (exact) mass is 380 g/mol. The van der Waals surface area contributed by atoms with Crippen molar-refractivity contribution in [3.05, 3.63) is 29.8 Å². The van der Waals surface area contributed by atoms with Crippen LogP contribution in [0.3, 0.4) is 0 Å². The van der Waals surface area contributed by atoms with Crippen molar-refractivity contribution in [3.63, 3.8) is 0 Å². The van der Waals surface area contributed by atoms with Crippen LogP contribution in [0.4, 0.5) is 8.78 Å². The molecule has 1 N–H and O–H groups in total. The van der Waals surface area contributed by atoms with Gasteiger partial charge in [-0.15, -0.1) is 0 Å². The van der Waals surface area contributed by atoms with Crippen LogP contribution in [0.25, 0.3) is 0 Å². The van der Waals surface area contributed by atoms with E-state index >= 15 is 0 Å². The number of piperidine rings is 1. The van der Waals surface area contributed by atoms with Gasteiger partial charge in [-0.3, -0.25) is 0 Å². The number of halogens is 2. The van der Waals surface area contributed by atoms with Gasteiger partial charge >= 0.3 is 0 Å². The van der Waals surface area contributed by atoms with Crippen molar-refractivity contribution in [1.29, 1.82) is 0 Å². The lowest BCUT2D eigenvalue weighted by atomic mass is 10.0. The minimum absolute atomic E-state index is 0.260. The second-order valence-electron chi connectivity index (χ2n) is 6.34. The summed E-state index contributed by atoms with van der Waals surface area (Å²) in [7, 11) is -7.56. The fourth-order valence-corrected chi connectivity index (χ4v) is 6.55. The lowest BCUT2D eigenvalue weighted by Gasteiger charge is -2.37. The maximum atomic E-state index is 13.7. The van der Waals surface area contributed by atoms with E-state index in [2.05, 4.69) is 4.72 Å². The van der Waals surface area contributed by atoms with Gasteiger partial charge in [0, 0.05) is 18.1 Å². The first-order chi connectivity index (χ1) is 11.1. The molecule has 2 saturated heterocycles. The molecule has 0 aromatic heterocycles. The predicted molar refractivity (Wildman–Crippen MR) is 83.2 cm³/mol. The maximum Gasteiger partial charge on any atom is 0.243 e. The second kappa shape index (κ2) is 6.01. The van der Waals surface area contributed by atoms with Gasteiger partial charge in [0.25, 0.3) is 0 Å². The lowest BCUT2D eigenvalue weighted by Crippen LogP contribution is -2.52. The molecule has 1 aromatic rings. The van der Waals surface area contributed by atoms with Crippen molar-refractivity contribution in [3.8, 4) is 0 Å². The van der Waals surface area contributed by atoms with Crippen LogP contribution in [0.2, 0.25) is 0 Å². The van der Waals surface area contributed by atoms with Gasteiger partial charge in [-0.2, -0.15) is 4.31 Å². The largest absolute Gasteiger partial charge is 0.243 e. The zero-order chi connectivity index (χ0) is 17.7. The lowest BCUT2D eigenvalue weighted by molar-refractivity contribution is 0.221. The molecule has 2 heterocycles. The summed E-state index contributed by atoms with van der Waals surface area (Å²) in [5.41, 5.74) is 0. The summed E-state index contributed by atoms with van der Waals surface area (Å²) >= 11 is 0. The van der Waals surface area contributed by atoms with Crippen LogP contribution >= 0.6 is 0 Å². The molecule has 2 aliphatic rings. The third kappa shape index (κ3) is 3.32. The molecule has 10 heteroatoms. The molecule has 24 heavy (non-hydrogen) atoms. The fourth-order valence-electron chi connectivity index (χ4n) is 3.74. The fraction of sp³-hybridized carbons (Fsp3) is 0.571. The first kappa shape index (κ1) is 17.7. The third-order valence-electron chi connectivity index (χ3n) is 4.55. The molecule has 2 unspecified atom stereocenters. The van der Waals surface area contributed by atoms with Gasteiger partial charge in [0.2, 0.25) is 20.0 Å². The molecular formula is C14H18F2N2O4S2. The Morgan fingerprint density at radius 3 is 2.21 bits per heavy atom. The number of fused-ring (bicyclic) bond motifs is 2. The number of nitrogens with one attached hydrogen (secondary N) is 1. The molecule has 3 rings (SSSR count). The van der Waals surface area contributed by atoms with E-state index in [0.29, 0.717) is 31.7 Å². The van der Waals surface area contributed by atoms with E-state index in [1.54, 1.807) is 0 Å². The molecule has 2 bridgehead atoms. The quantitative estimate of drug-likeness (QED) is 0.851. The van der Waals surface area contributed by atoms with E-state index < -0.39 is 42.6 Å². The zero-order valence-corrected chi connectivity index (χ0v) is 14.6. The molecule has 0 spiro atoms. The van der Waals surface area contributed by atoms with Gasteiger partial charge in [-0.05, 0) is 43.9 Å². The SMILES string of the molecule is CS(=O)(=O)N1C2CCC1CC(NS(=O)(=O)c1cc(F)ccc1F)C2. The number of benzene rings is 1. The molecule has 6 nitrogen and oxygen atoms in total. The predicted octanol–water partition coefficient (Wildman–Crippen LogP) is 1.20. The highest BCUT2D eigenvalue weighted by atomic mass is 32.2. The minimum Gasteiger partial charge on any atom is -0.212 e. The van der Waals surface area contributed by atoms with Crippen LogP contribution in [-0.2, 0) is 20.0 Å². The third-order valence-corrected chi connectivity index (χ3v) is 7.45. The highest BCUT2D eigenvalue weighted by Gasteiger charge is 2.46. The van der Waals surface area contributed by atoms with E-state index in [4.69, 9.17) is 0 Å². The summed E-state index contributed by atoms with van der Waals surface area (Å²) in [5, 5.41) is 0. The molecular weight excluding hydrogens is 362 g/mol. The Bertz CT molecular complexity index is 844. The van der Waals surface area contributed by atoms with Crippen molar-refractivity contribution < 1.29 is 25.6 Å². The summed E-state index contributed by atoms with van der Waals surface area (Å²) in [6.45, 7) is 0. The minimum atomic E-state index is -4.22. The summed E-state index contributed by atoms with van der Waals surface area (Å²) in [6, 6.07) is 1.22. The normalized spacial score (nSPS) is 28.2. The van der Waals surface area contributed by atoms with Crippen LogP contribution < -0.4 is 4.72 Å². The van der Waals surface area contributed by atoms with Crippen LogP contribution in [0.1, 0.15) is 25.7 Å². The number of nitrogens with zero attached hydrogens (tertiary/aromatic N) is 1. The first-order valence-electron chi connectivity index (χ1n) is 7.54. The molecule has 134 valence electrons. The van der Waals surface area contributed by atoms with Crippen LogP contribution in [-0.4, -0.2) is 45.5 Å². The molecule has 2 fully saturated rings. The average molecular weight is 380 g/mol. The van der Waals surface area contributed by atoms with Crippen molar-refractivity contribution in [2.45, 2.75) is 48.7 Å². The zero-order valence-electron chi connectivity index (χ0n) is 12.9. The Hall–Kier alpha value is -1.10. The molecule has 1 aromatic carbocycles. The smallest absolute Gasteiger partial charge is 0.212 e. The standard InChI is InChI=1S/C14H18F2N2O4S2/c1-23(19,20)18-11-3-4-12(18)8-10(7-11)17-24(21,22)14-6-9(15)2-5-13(14)16/h2,5-6,10-12,17H,3-4,7-8H2,1H3. The molecule has 0 aliphatic carbocycles. The Balaban J connectivity index is 1.80. The highest BCUT2D eigenvalue weighted by Crippen LogP contribution is 2.37. The molecule has 2 aliphatic heterocycles. The Kier molecular flexibility index (Phi) is 4.44. The molecule has 0 radical (unpaired) electrons. The van der Waals surface area contributed by atoms with Gasteiger partial charge in [0.15, 0.2) is 0 Å². The van der Waals surface area contributed by atoms with E-state index in [1.165, 1.54) is 4.31 Å². The Morgan fingerprint density at radius 1 is 1.08 bits per heavy atom. The number of hydrogen-bond donors (Lipinski definition) is 1. The second-order valence-corrected chi connectivity index (χ2v) is 9.91. The maximum absolute atomic E-state index is 13.7. The van der Waals surface area contributed by atoms with E-state index in [0.717, 1.165) is 18.4 Å². The van der Waals surface area contributed by atoms with Gasteiger partial charge in [0.05, 0.1) is 6.26 Å². The highest BCUT2D eigenvalue weighted by molar-refractivity contribution is 7.89. The van der Waals surface area contributed by atoms with Crippen molar-refractivity contribution in [2.75, 3.05) is 6.26 Å². The van der Waals surface area contributed by atoms with E-state index in [1.807, 2.05) is 0 Å². The van der Waals surface area contributed by atoms with Crippen LogP contribution in [0.15, 0.2) is 23.1 Å². The van der Waals surface area contributed by atoms with Gasteiger partial charge in [-0.25, -0.2) is 30.3 Å².